The summed E-state index contributed by atoms with van der Waals surface area (Å²) in [6, 6.07) is 3.32. The number of hydrogen-bond donors (Lipinski definition) is 2. The normalized spacial score (nSPS) is 13.3. The van der Waals surface area contributed by atoms with Crippen molar-refractivity contribution in [3.8, 4) is 0 Å². The SMILES string of the molecule is COC(=O)c1c(NC(=O)C(=O)N/N=C/c2ccco2)sc2c1CCCC2. The number of rotatable bonds is 4. The summed E-state index contributed by atoms with van der Waals surface area (Å²) in [4.78, 5) is 37.2. The second-order valence-electron chi connectivity index (χ2n) is 5.58. The molecule has 2 heterocycles. The Hall–Kier alpha value is -2.94. The Kier molecular flexibility index (Phi) is 5.47. The number of hydrazone groups is 1. The summed E-state index contributed by atoms with van der Waals surface area (Å²) in [5.41, 5.74) is 3.35. The predicted octanol–water partition coefficient (Wildman–Crippen LogP) is 2.10. The van der Waals surface area contributed by atoms with Crippen LogP contribution in [0.3, 0.4) is 0 Å². The third-order valence-corrected chi connectivity index (χ3v) is 5.10. The van der Waals surface area contributed by atoms with Gasteiger partial charge < -0.3 is 14.5 Å². The van der Waals surface area contributed by atoms with Crippen molar-refractivity contribution >= 4 is 40.3 Å². The zero-order valence-electron chi connectivity index (χ0n) is 14.0. The number of carbonyl (C=O) groups is 3. The lowest BCUT2D eigenvalue weighted by molar-refractivity contribution is -0.136. The molecule has 0 bridgehead atoms. The average Bonchev–Trinajstić information content (AvgIpc) is 3.28. The quantitative estimate of drug-likeness (QED) is 0.368. The van der Waals surface area contributed by atoms with Crippen molar-refractivity contribution in [2.45, 2.75) is 25.7 Å². The lowest BCUT2D eigenvalue weighted by Gasteiger charge is -2.11. The summed E-state index contributed by atoms with van der Waals surface area (Å²) < 4.78 is 9.85. The zero-order chi connectivity index (χ0) is 18.5. The van der Waals surface area contributed by atoms with E-state index in [4.69, 9.17) is 9.15 Å². The average molecular weight is 375 g/mol. The van der Waals surface area contributed by atoms with E-state index in [0.29, 0.717) is 16.3 Å². The number of nitrogens with one attached hydrogen (secondary N) is 2. The van der Waals surface area contributed by atoms with Crippen molar-refractivity contribution in [1.29, 1.82) is 0 Å². The van der Waals surface area contributed by atoms with E-state index in [-0.39, 0.29) is 0 Å². The molecular weight excluding hydrogens is 358 g/mol. The molecule has 2 N–H and O–H groups in total. The van der Waals surface area contributed by atoms with Gasteiger partial charge in [0.25, 0.3) is 0 Å². The Labute approximate surface area is 153 Å². The van der Waals surface area contributed by atoms with Gasteiger partial charge in [-0.1, -0.05) is 0 Å². The fraction of sp³-hybridized carbons (Fsp3) is 0.294. The van der Waals surface area contributed by atoms with Crippen LogP contribution in [0.4, 0.5) is 5.00 Å². The van der Waals surface area contributed by atoms with Crippen LogP contribution in [0.1, 0.15) is 39.4 Å². The number of aryl methyl sites for hydroxylation is 1. The van der Waals surface area contributed by atoms with Crippen molar-refractivity contribution < 1.29 is 23.5 Å². The molecule has 9 heteroatoms. The molecule has 1 aliphatic rings. The molecule has 26 heavy (non-hydrogen) atoms. The third-order valence-electron chi connectivity index (χ3n) is 3.90. The number of amides is 2. The second-order valence-corrected chi connectivity index (χ2v) is 6.68. The van der Waals surface area contributed by atoms with Gasteiger partial charge in [0.1, 0.15) is 10.8 Å². The van der Waals surface area contributed by atoms with Crippen LogP contribution in [0.15, 0.2) is 27.9 Å². The maximum absolute atomic E-state index is 12.1. The smallest absolute Gasteiger partial charge is 0.341 e. The number of ether oxygens (including phenoxy) is 1. The third kappa shape index (κ3) is 3.83. The number of carbonyl (C=O) groups excluding carboxylic acids is 3. The molecule has 136 valence electrons. The highest BCUT2D eigenvalue weighted by Crippen LogP contribution is 2.38. The molecule has 0 radical (unpaired) electrons. The van der Waals surface area contributed by atoms with Crippen LogP contribution in [0, 0.1) is 0 Å². The van der Waals surface area contributed by atoms with Crippen LogP contribution in [0.5, 0.6) is 0 Å². The molecule has 0 fully saturated rings. The highest BCUT2D eigenvalue weighted by atomic mass is 32.1. The first-order valence-corrected chi connectivity index (χ1v) is 8.82. The maximum atomic E-state index is 12.1. The number of esters is 1. The first-order valence-electron chi connectivity index (χ1n) is 8.01. The van der Waals surface area contributed by atoms with Gasteiger partial charge in [0.2, 0.25) is 0 Å². The largest absolute Gasteiger partial charge is 0.465 e. The summed E-state index contributed by atoms with van der Waals surface area (Å²) in [6.07, 6.45) is 6.34. The van der Waals surface area contributed by atoms with Gasteiger partial charge >= 0.3 is 17.8 Å². The van der Waals surface area contributed by atoms with Crippen molar-refractivity contribution in [1.82, 2.24) is 5.43 Å². The van der Waals surface area contributed by atoms with Crippen LogP contribution in [0.25, 0.3) is 0 Å². The first kappa shape index (κ1) is 17.9. The van der Waals surface area contributed by atoms with Crippen molar-refractivity contribution in [2.24, 2.45) is 5.10 Å². The Bertz CT molecular complexity index is 854. The summed E-state index contributed by atoms with van der Waals surface area (Å²) in [5, 5.41) is 6.48. The molecule has 1 aliphatic carbocycles. The van der Waals surface area contributed by atoms with Crippen LogP contribution in [-0.4, -0.2) is 31.1 Å². The van der Waals surface area contributed by atoms with Crippen LogP contribution in [-0.2, 0) is 27.2 Å². The number of thiophene rings is 1. The number of methoxy groups -OCH3 is 1. The Morgan fingerprint density at radius 3 is 2.81 bits per heavy atom. The van der Waals surface area contributed by atoms with Gasteiger partial charge in [0.15, 0.2) is 0 Å². The second kappa shape index (κ2) is 7.96. The summed E-state index contributed by atoms with van der Waals surface area (Å²) >= 11 is 1.31. The molecule has 2 amide bonds. The topological polar surface area (TPSA) is 110 Å². The molecule has 0 aromatic carbocycles. The predicted molar refractivity (Wildman–Crippen MR) is 95.4 cm³/mol. The number of nitrogens with zero attached hydrogens (tertiary/aromatic N) is 1. The van der Waals surface area contributed by atoms with E-state index in [9.17, 15) is 14.4 Å². The lowest BCUT2D eigenvalue weighted by atomic mass is 9.95. The Balaban J connectivity index is 1.71. The van der Waals surface area contributed by atoms with Crippen LogP contribution >= 0.6 is 11.3 Å². The molecular formula is C17H17N3O5S. The van der Waals surface area contributed by atoms with Gasteiger partial charge in [-0.25, -0.2) is 10.2 Å². The molecule has 0 aliphatic heterocycles. The molecule has 0 saturated heterocycles. The molecule has 2 aromatic heterocycles. The van der Waals surface area contributed by atoms with E-state index in [0.717, 1.165) is 36.1 Å². The maximum Gasteiger partial charge on any atom is 0.341 e. The summed E-state index contributed by atoms with van der Waals surface area (Å²) in [5.74, 6) is -1.94. The number of furan rings is 1. The molecule has 2 aromatic rings. The highest BCUT2D eigenvalue weighted by Gasteiger charge is 2.28. The molecule has 0 spiro atoms. The van der Waals surface area contributed by atoms with E-state index in [1.807, 2.05) is 0 Å². The van der Waals surface area contributed by atoms with E-state index >= 15 is 0 Å². The Morgan fingerprint density at radius 2 is 2.08 bits per heavy atom. The van der Waals surface area contributed by atoms with Gasteiger partial charge in [-0.3, -0.25) is 9.59 Å². The minimum atomic E-state index is -0.949. The fourth-order valence-electron chi connectivity index (χ4n) is 2.70. The van der Waals surface area contributed by atoms with Crippen LogP contribution < -0.4 is 10.7 Å². The zero-order valence-corrected chi connectivity index (χ0v) is 14.9. The van der Waals surface area contributed by atoms with Gasteiger partial charge in [0, 0.05) is 4.88 Å². The molecule has 8 nitrogen and oxygen atoms in total. The summed E-state index contributed by atoms with van der Waals surface area (Å²) in [6.45, 7) is 0. The molecule has 0 unspecified atom stereocenters. The minimum absolute atomic E-state index is 0.332. The fourth-order valence-corrected chi connectivity index (χ4v) is 3.97. The van der Waals surface area contributed by atoms with Crippen molar-refractivity contribution in [3.05, 3.63) is 40.2 Å². The monoisotopic (exact) mass is 375 g/mol. The number of fused-ring (bicyclic) bond motifs is 1. The lowest BCUT2D eigenvalue weighted by Crippen LogP contribution is -2.32. The number of anilines is 1. The van der Waals surface area contributed by atoms with Crippen molar-refractivity contribution in [2.75, 3.05) is 12.4 Å². The highest BCUT2D eigenvalue weighted by molar-refractivity contribution is 7.17. The minimum Gasteiger partial charge on any atom is -0.465 e. The van der Waals surface area contributed by atoms with E-state index < -0.39 is 17.8 Å². The van der Waals surface area contributed by atoms with Gasteiger partial charge in [-0.15, -0.1) is 11.3 Å². The van der Waals surface area contributed by atoms with E-state index in [2.05, 4.69) is 15.8 Å². The molecule has 3 rings (SSSR count). The van der Waals surface area contributed by atoms with Gasteiger partial charge in [-0.05, 0) is 43.4 Å². The number of hydrogen-bond acceptors (Lipinski definition) is 7. The first-order chi connectivity index (χ1) is 12.6. The Morgan fingerprint density at radius 1 is 1.27 bits per heavy atom. The van der Waals surface area contributed by atoms with Crippen molar-refractivity contribution in [3.63, 3.8) is 0 Å². The standard InChI is InChI=1S/C17H17N3O5S/c1-24-17(23)13-11-6-2-3-7-12(11)26-16(13)19-14(21)15(22)20-18-9-10-5-4-8-25-10/h4-5,8-9H,2-3,6-7H2,1H3,(H,19,21)(H,20,22)/b18-9+. The van der Waals surface area contributed by atoms with Gasteiger partial charge in [-0.2, -0.15) is 5.10 Å². The van der Waals surface area contributed by atoms with Gasteiger partial charge in [0.05, 0.1) is 25.2 Å². The summed E-state index contributed by atoms with van der Waals surface area (Å²) in [7, 11) is 1.29. The van der Waals surface area contributed by atoms with Crippen LogP contribution in [0.2, 0.25) is 0 Å². The van der Waals surface area contributed by atoms with E-state index in [1.54, 1.807) is 12.1 Å². The molecule has 0 saturated carbocycles. The van der Waals surface area contributed by atoms with E-state index in [1.165, 1.54) is 30.9 Å². The molecule has 0 atom stereocenters.